The number of halogens is 2. The lowest BCUT2D eigenvalue weighted by Gasteiger charge is -2.18. The second-order valence-electron chi connectivity index (χ2n) is 9.46. The normalized spacial score (nSPS) is 12.1. The zero-order valence-corrected chi connectivity index (χ0v) is 21.0. The molecule has 0 radical (unpaired) electrons. The van der Waals surface area contributed by atoms with E-state index in [9.17, 15) is 23.8 Å². The number of aromatic nitrogens is 1. The van der Waals surface area contributed by atoms with Gasteiger partial charge in [0.15, 0.2) is 0 Å². The summed E-state index contributed by atoms with van der Waals surface area (Å²) < 4.78 is 35.2. The smallest absolute Gasteiger partial charge is 0.251 e. The number of carbonyl (C=O) groups excluding carboxylic acids is 1. The summed E-state index contributed by atoms with van der Waals surface area (Å²) in [6, 6.07) is 6.94. The number of nitrogens with one attached hydrogen (secondary N) is 1. The van der Waals surface area contributed by atoms with Crippen molar-refractivity contribution in [2.75, 3.05) is 11.9 Å². The van der Waals surface area contributed by atoms with E-state index in [-0.39, 0.29) is 39.8 Å². The molecule has 10 heteroatoms. The Morgan fingerprint density at radius 1 is 1.14 bits per heavy atom. The Kier molecular flexibility index (Phi) is 7.61. The fourth-order valence-corrected chi connectivity index (χ4v) is 4.41. The second kappa shape index (κ2) is 9.98. The van der Waals surface area contributed by atoms with Gasteiger partial charge < -0.3 is 26.0 Å². The summed E-state index contributed by atoms with van der Waals surface area (Å²) in [6.45, 7) is 8.37. The lowest BCUT2D eigenvalue weighted by molar-refractivity contribution is -0.0270. The molecular weight excluding hydrogens is 476 g/mol. The van der Waals surface area contributed by atoms with E-state index in [1.165, 1.54) is 19.9 Å². The quantitative estimate of drug-likeness (QED) is 0.333. The van der Waals surface area contributed by atoms with Gasteiger partial charge in [0.25, 0.3) is 5.91 Å². The topological polar surface area (TPSA) is 118 Å². The Balaban J connectivity index is 1.89. The SMILES string of the molecule is Cc1nc(Nc2sc(-c3c(F)cc(C(C)(C)O)cc3F)cc2C(N)=O)ccc1COCC(C)(C)O. The van der Waals surface area contributed by atoms with Crippen molar-refractivity contribution in [3.63, 3.8) is 0 Å². The van der Waals surface area contributed by atoms with Crippen LogP contribution < -0.4 is 11.1 Å². The van der Waals surface area contributed by atoms with E-state index in [0.717, 1.165) is 29.0 Å². The van der Waals surface area contributed by atoms with Crippen LogP contribution in [0.4, 0.5) is 19.6 Å². The van der Waals surface area contributed by atoms with Gasteiger partial charge in [-0.3, -0.25) is 4.79 Å². The number of nitrogens with zero attached hydrogens (tertiary/aromatic N) is 1. The summed E-state index contributed by atoms with van der Waals surface area (Å²) in [5.41, 5.74) is 4.47. The van der Waals surface area contributed by atoms with Crippen LogP contribution in [0.1, 0.15) is 54.9 Å². The lowest BCUT2D eigenvalue weighted by Crippen LogP contribution is -2.25. The Hall–Kier alpha value is -2.92. The molecule has 3 aromatic rings. The predicted molar refractivity (Wildman–Crippen MR) is 132 cm³/mol. The molecule has 0 aliphatic heterocycles. The number of anilines is 2. The third-order valence-corrected chi connectivity index (χ3v) is 6.21. The summed E-state index contributed by atoms with van der Waals surface area (Å²) in [5.74, 6) is -2.09. The predicted octanol–water partition coefficient (Wildman–Crippen LogP) is 4.75. The van der Waals surface area contributed by atoms with Gasteiger partial charge in [-0.25, -0.2) is 13.8 Å². The Labute approximate surface area is 206 Å². The summed E-state index contributed by atoms with van der Waals surface area (Å²) in [6.07, 6.45) is 0. The van der Waals surface area contributed by atoms with Gasteiger partial charge >= 0.3 is 0 Å². The number of ether oxygens (including phenoxy) is 1. The highest BCUT2D eigenvalue weighted by Crippen LogP contribution is 2.40. The van der Waals surface area contributed by atoms with Crippen molar-refractivity contribution < 1.29 is 28.5 Å². The van der Waals surface area contributed by atoms with Gasteiger partial charge in [0.05, 0.1) is 35.5 Å². The number of rotatable bonds is 9. The minimum absolute atomic E-state index is 0.0624. The number of benzene rings is 1. The molecule has 0 spiro atoms. The maximum atomic E-state index is 14.8. The largest absolute Gasteiger partial charge is 0.388 e. The van der Waals surface area contributed by atoms with Gasteiger partial charge in [-0.1, -0.05) is 6.07 Å². The van der Waals surface area contributed by atoms with E-state index in [4.69, 9.17) is 10.5 Å². The minimum atomic E-state index is -1.42. The van der Waals surface area contributed by atoms with E-state index < -0.39 is 28.7 Å². The van der Waals surface area contributed by atoms with E-state index in [0.29, 0.717) is 11.5 Å². The third kappa shape index (κ3) is 6.61. The van der Waals surface area contributed by atoms with Crippen molar-refractivity contribution >= 4 is 28.1 Å². The molecule has 35 heavy (non-hydrogen) atoms. The van der Waals surface area contributed by atoms with Crippen molar-refractivity contribution in [3.8, 4) is 10.4 Å². The summed E-state index contributed by atoms with van der Waals surface area (Å²) in [7, 11) is 0. The van der Waals surface area contributed by atoms with Crippen molar-refractivity contribution in [3.05, 3.63) is 64.4 Å². The zero-order valence-electron chi connectivity index (χ0n) is 20.2. The first-order chi connectivity index (χ1) is 16.2. The third-order valence-electron chi connectivity index (χ3n) is 5.14. The van der Waals surface area contributed by atoms with Gasteiger partial charge in [-0.2, -0.15) is 0 Å². The number of thiophene rings is 1. The van der Waals surface area contributed by atoms with Gasteiger partial charge in [-0.05, 0) is 70.0 Å². The maximum Gasteiger partial charge on any atom is 0.251 e. The molecule has 7 nitrogen and oxygen atoms in total. The highest BCUT2D eigenvalue weighted by molar-refractivity contribution is 7.20. The zero-order chi connectivity index (χ0) is 26.1. The van der Waals surface area contributed by atoms with Crippen LogP contribution in [0.3, 0.4) is 0 Å². The highest BCUT2D eigenvalue weighted by atomic mass is 32.1. The molecule has 0 fully saturated rings. The molecule has 0 saturated heterocycles. The van der Waals surface area contributed by atoms with Crippen molar-refractivity contribution in [1.29, 1.82) is 0 Å². The fraction of sp³-hybridized carbons (Fsp3) is 0.360. The fourth-order valence-electron chi connectivity index (χ4n) is 3.29. The number of pyridine rings is 1. The number of hydrogen-bond donors (Lipinski definition) is 4. The molecule has 188 valence electrons. The first kappa shape index (κ1) is 26.7. The molecule has 2 heterocycles. The van der Waals surface area contributed by atoms with Crippen molar-refractivity contribution in [2.45, 2.75) is 52.4 Å². The molecule has 2 aromatic heterocycles. The van der Waals surface area contributed by atoms with Gasteiger partial charge in [0, 0.05) is 10.6 Å². The molecule has 0 saturated carbocycles. The highest BCUT2D eigenvalue weighted by Gasteiger charge is 2.24. The average Bonchev–Trinajstić information content (AvgIpc) is 3.11. The average molecular weight is 506 g/mol. The number of aliphatic hydroxyl groups is 2. The van der Waals surface area contributed by atoms with E-state index in [2.05, 4.69) is 10.3 Å². The molecule has 3 rings (SSSR count). The van der Waals surface area contributed by atoms with Gasteiger partial charge in [-0.15, -0.1) is 11.3 Å². The number of nitrogens with two attached hydrogens (primary N) is 1. The molecule has 0 bridgehead atoms. The summed E-state index contributed by atoms with van der Waals surface area (Å²) >= 11 is 0.957. The summed E-state index contributed by atoms with van der Waals surface area (Å²) in [5, 5.41) is 23.1. The summed E-state index contributed by atoms with van der Waals surface area (Å²) in [4.78, 5) is 16.7. The van der Waals surface area contributed by atoms with Crippen LogP contribution in [0.2, 0.25) is 0 Å². The lowest BCUT2D eigenvalue weighted by atomic mass is 9.96. The monoisotopic (exact) mass is 505 g/mol. The van der Waals surface area contributed by atoms with Gasteiger partial charge in [0.2, 0.25) is 0 Å². The Morgan fingerprint density at radius 3 is 2.29 bits per heavy atom. The minimum Gasteiger partial charge on any atom is -0.388 e. The maximum absolute atomic E-state index is 14.8. The molecule has 5 N–H and O–H groups in total. The Morgan fingerprint density at radius 2 is 1.77 bits per heavy atom. The van der Waals surface area contributed by atoms with E-state index in [1.54, 1.807) is 32.9 Å². The van der Waals surface area contributed by atoms with Crippen LogP contribution in [0.25, 0.3) is 10.4 Å². The Bertz CT molecular complexity index is 1220. The molecule has 1 aromatic carbocycles. The van der Waals surface area contributed by atoms with Crippen molar-refractivity contribution in [2.24, 2.45) is 5.73 Å². The van der Waals surface area contributed by atoms with Crippen molar-refractivity contribution in [1.82, 2.24) is 4.98 Å². The molecule has 0 aliphatic carbocycles. The molecular formula is C25H29F2N3O4S. The van der Waals surface area contributed by atoms with Crippen LogP contribution in [-0.2, 0) is 16.9 Å². The number of primary amides is 1. The van der Waals surface area contributed by atoms with Crippen LogP contribution in [0.5, 0.6) is 0 Å². The standard InChI is InChI=1S/C25H29F2N3O4S/c1-13-14(11-34-12-24(2,3)32)6-7-20(29-13)30-23-16(22(28)31)10-19(35-23)21-17(26)8-15(9-18(21)27)25(4,5)33/h6-10,32-33H,11-12H2,1-5H3,(H2,28,31)(H,29,30). The second-order valence-corrected chi connectivity index (χ2v) is 10.5. The molecule has 0 atom stereocenters. The number of carbonyl (C=O) groups is 1. The molecule has 0 aliphatic rings. The van der Waals surface area contributed by atoms with Crippen LogP contribution in [-0.4, -0.2) is 33.3 Å². The van der Waals surface area contributed by atoms with Crippen LogP contribution in [0, 0.1) is 18.6 Å². The molecule has 1 amide bonds. The van der Waals surface area contributed by atoms with Gasteiger partial charge in [0.1, 0.15) is 22.5 Å². The first-order valence-electron chi connectivity index (χ1n) is 10.9. The van der Waals surface area contributed by atoms with E-state index in [1.807, 2.05) is 0 Å². The molecule has 0 unspecified atom stereocenters. The number of aryl methyl sites for hydroxylation is 1. The number of hydrogen-bond acceptors (Lipinski definition) is 7. The van der Waals surface area contributed by atoms with E-state index >= 15 is 0 Å². The van der Waals surface area contributed by atoms with Crippen LogP contribution >= 0.6 is 11.3 Å². The first-order valence-corrected chi connectivity index (χ1v) is 11.7. The number of amides is 1. The van der Waals surface area contributed by atoms with Crippen LogP contribution in [0.15, 0.2) is 30.3 Å².